The van der Waals surface area contributed by atoms with Gasteiger partial charge in [0, 0.05) is 25.4 Å². The minimum absolute atomic E-state index is 0. The Hall–Kier alpha value is 0.128. The molecule has 0 fully saturated rings. The van der Waals surface area contributed by atoms with E-state index in [-0.39, 0.29) is 29.3 Å². The maximum absolute atomic E-state index is 12.4. The molecule has 0 aliphatic carbocycles. The predicted octanol–water partition coefficient (Wildman–Crippen LogP) is 3.27. The number of amides is 1. The zero-order valence-electron chi connectivity index (χ0n) is 27.0. The van der Waals surface area contributed by atoms with E-state index in [1.165, 1.54) is 0 Å². The first-order valence-electron chi connectivity index (χ1n) is 14.5. The van der Waals surface area contributed by atoms with Gasteiger partial charge in [0.2, 0.25) is 5.91 Å². The molecule has 13 heteroatoms. The summed E-state index contributed by atoms with van der Waals surface area (Å²) in [6.45, 7) is 22.5. The zero-order valence-corrected chi connectivity index (χ0v) is 32.6. The Morgan fingerprint density at radius 3 is 1.46 bits per heavy atom. The number of hydrogen-bond acceptors (Lipinski definition) is 5. The lowest BCUT2D eigenvalue weighted by atomic mass is 10.1. The second kappa shape index (κ2) is 18.6. The van der Waals surface area contributed by atoms with Gasteiger partial charge in [0.25, 0.3) is 0 Å². The van der Waals surface area contributed by atoms with Gasteiger partial charge in [-0.05, 0) is 104 Å². The van der Waals surface area contributed by atoms with Crippen LogP contribution < -0.4 is 22.3 Å². The fourth-order valence-corrected chi connectivity index (χ4v) is 19.0. The standard InChI is InChI=1S/C26H60N2O6Si4.BrH/c1-28(2,23-17-13-15-20-26(30)31)22-16-12-14-19-25(29)27-21-18-24-38(32-35(3,4)5,33-36(6,7)8)34-37(9,10)11;/h12-24H2,1-11H3,(H-,27,29,30,31);1H. The number of aliphatic carboxylic acids is 1. The minimum atomic E-state index is -2.84. The molecular weight excluding hydrogens is 629 g/mol. The normalized spacial score (nSPS) is 13.2. The third kappa shape index (κ3) is 25.6. The average Bonchev–Trinajstić information content (AvgIpc) is 2.66. The van der Waals surface area contributed by atoms with E-state index in [4.69, 9.17) is 17.5 Å². The van der Waals surface area contributed by atoms with Gasteiger partial charge < -0.3 is 44.2 Å². The molecule has 0 radical (unpaired) electrons. The van der Waals surface area contributed by atoms with E-state index >= 15 is 0 Å². The van der Waals surface area contributed by atoms with E-state index in [1.807, 2.05) is 0 Å². The lowest BCUT2D eigenvalue weighted by Crippen LogP contribution is -3.00. The Morgan fingerprint density at radius 2 is 1.08 bits per heavy atom. The van der Waals surface area contributed by atoms with Crippen LogP contribution in [0.3, 0.4) is 0 Å². The van der Waals surface area contributed by atoms with E-state index in [0.717, 1.165) is 68.6 Å². The maximum Gasteiger partial charge on any atom is 0.469 e. The molecule has 8 nitrogen and oxygen atoms in total. The summed E-state index contributed by atoms with van der Waals surface area (Å²) in [5.41, 5.74) is 0. The summed E-state index contributed by atoms with van der Waals surface area (Å²) in [5, 5.41) is 11.8. The monoisotopic (exact) mass is 688 g/mol. The van der Waals surface area contributed by atoms with Crippen molar-refractivity contribution in [2.45, 2.75) is 123 Å². The second-order valence-electron chi connectivity index (χ2n) is 14.2. The van der Waals surface area contributed by atoms with Crippen molar-refractivity contribution in [3.63, 3.8) is 0 Å². The Kier molecular flexibility index (Phi) is 19.7. The Labute approximate surface area is 255 Å². The van der Waals surface area contributed by atoms with Crippen LogP contribution in [0.2, 0.25) is 65.0 Å². The van der Waals surface area contributed by atoms with Crippen molar-refractivity contribution in [2.75, 3.05) is 33.7 Å². The predicted molar refractivity (Wildman–Crippen MR) is 168 cm³/mol. The number of hydrogen-bond donors (Lipinski definition) is 2. The van der Waals surface area contributed by atoms with Crippen LogP contribution in [0, 0.1) is 0 Å². The summed E-state index contributed by atoms with van der Waals surface area (Å²) in [6.07, 6.45) is 7.46. The minimum Gasteiger partial charge on any atom is -1.00 e. The zero-order chi connectivity index (χ0) is 29.7. The van der Waals surface area contributed by atoms with Gasteiger partial charge in [-0.15, -0.1) is 0 Å². The van der Waals surface area contributed by atoms with Crippen LogP contribution in [0.5, 0.6) is 0 Å². The third-order valence-corrected chi connectivity index (χ3v) is 17.7. The first kappa shape index (κ1) is 41.3. The van der Waals surface area contributed by atoms with E-state index in [2.05, 4.69) is 78.3 Å². The fourth-order valence-electron chi connectivity index (χ4n) is 4.34. The summed E-state index contributed by atoms with van der Waals surface area (Å²) < 4.78 is 21.1. The summed E-state index contributed by atoms with van der Waals surface area (Å²) >= 11 is 0. The number of quaternary nitrogens is 1. The van der Waals surface area contributed by atoms with Crippen LogP contribution in [0.4, 0.5) is 0 Å². The van der Waals surface area contributed by atoms with Gasteiger partial charge in [-0.3, -0.25) is 9.59 Å². The van der Waals surface area contributed by atoms with Gasteiger partial charge in [0.15, 0.2) is 25.0 Å². The van der Waals surface area contributed by atoms with Crippen molar-refractivity contribution in [3.05, 3.63) is 0 Å². The number of carbonyl (C=O) groups excluding carboxylic acids is 1. The molecule has 0 aromatic carbocycles. The van der Waals surface area contributed by atoms with Gasteiger partial charge in [0.1, 0.15) is 0 Å². The SMILES string of the molecule is C[N+](C)(CCCCCC(=O)O)CCCCCC(=O)NCCC[Si](O[Si](C)(C)C)(O[Si](C)(C)C)O[Si](C)(C)C.[Br-]. The van der Waals surface area contributed by atoms with Gasteiger partial charge in [-0.25, -0.2) is 0 Å². The highest BCUT2D eigenvalue weighted by Crippen LogP contribution is 2.29. The summed E-state index contributed by atoms with van der Waals surface area (Å²) in [5.74, 6) is -0.589. The lowest BCUT2D eigenvalue weighted by molar-refractivity contribution is -0.890. The first-order chi connectivity index (χ1) is 17.1. The number of halogens is 1. The highest BCUT2D eigenvalue weighted by atomic mass is 79.9. The molecule has 1 amide bonds. The topological polar surface area (TPSA) is 94.1 Å². The van der Waals surface area contributed by atoms with Crippen LogP contribution in [0.1, 0.15) is 57.8 Å². The van der Waals surface area contributed by atoms with Crippen molar-refractivity contribution in [2.24, 2.45) is 0 Å². The molecule has 234 valence electrons. The molecule has 2 N–H and O–H groups in total. The maximum atomic E-state index is 12.4. The summed E-state index contributed by atoms with van der Waals surface area (Å²) in [7, 11) is -4.02. The van der Waals surface area contributed by atoms with E-state index < -0.39 is 39.7 Å². The molecule has 0 aromatic heterocycles. The second-order valence-corrected chi connectivity index (χ2v) is 31.2. The van der Waals surface area contributed by atoms with Crippen molar-refractivity contribution in [1.29, 1.82) is 0 Å². The molecule has 0 spiro atoms. The number of carboxylic acids is 1. The lowest BCUT2D eigenvalue weighted by Gasteiger charge is -2.43. The molecular formula is C26H61BrN2O6Si4. The molecule has 0 saturated heterocycles. The molecule has 0 unspecified atom stereocenters. The van der Waals surface area contributed by atoms with Crippen molar-refractivity contribution in [3.8, 4) is 0 Å². The Morgan fingerprint density at radius 1 is 0.667 bits per heavy atom. The molecule has 39 heavy (non-hydrogen) atoms. The van der Waals surface area contributed by atoms with Crippen molar-refractivity contribution in [1.82, 2.24) is 5.32 Å². The fraction of sp³-hybridized carbons (Fsp3) is 0.923. The molecule has 0 rings (SSSR count). The van der Waals surface area contributed by atoms with Crippen molar-refractivity contribution < 1.29 is 48.5 Å². The van der Waals surface area contributed by atoms with Crippen LogP contribution in [0.15, 0.2) is 0 Å². The number of nitrogens with zero attached hydrogens (tertiary/aromatic N) is 1. The molecule has 0 aromatic rings. The van der Waals surface area contributed by atoms with Crippen molar-refractivity contribution >= 4 is 45.6 Å². The highest BCUT2D eigenvalue weighted by Gasteiger charge is 2.49. The summed E-state index contributed by atoms with van der Waals surface area (Å²) in [4.78, 5) is 23.1. The van der Waals surface area contributed by atoms with E-state index in [9.17, 15) is 9.59 Å². The van der Waals surface area contributed by atoms with Crippen LogP contribution in [-0.2, 0) is 21.9 Å². The molecule has 0 aliphatic rings. The largest absolute Gasteiger partial charge is 1.00 e. The number of rotatable bonds is 22. The van der Waals surface area contributed by atoms with Gasteiger partial charge in [0.05, 0.1) is 27.2 Å². The molecule has 0 atom stereocenters. The molecule has 0 heterocycles. The summed E-state index contributed by atoms with van der Waals surface area (Å²) in [6, 6.07) is 0.745. The van der Waals surface area contributed by atoms with Gasteiger partial charge >= 0.3 is 14.8 Å². The van der Waals surface area contributed by atoms with Crippen LogP contribution in [-0.4, -0.2) is 89.0 Å². The van der Waals surface area contributed by atoms with E-state index in [0.29, 0.717) is 13.0 Å². The molecule has 0 bridgehead atoms. The number of nitrogens with one attached hydrogen (secondary N) is 1. The Balaban J connectivity index is 0. The van der Waals surface area contributed by atoms with E-state index in [1.54, 1.807) is 0 Å². The quantitative estimate of drug-likeness (QED) is 0.103. The van der Waals surface area contributed by atoms with Crippen LogP contribution in [0.25, 0.3) is 0 Å². The smallest absolute Gasteiger partial charge is 0.469 e. The third-order valence-electron chi connectivity index (χ3n) is 5.69. The highest BCUT2D eigenvalue weighted by molar-refractivity contribution is 6.90. The first-order valence-corrected chi connectivity index (χ1v) is 26.7. The van der Waals surface area contributed by atoms with Crippen LogP contribution >= 0.6 is 0 Å². The molecule has 0 aliphatic heterocycles. The average molecular weight is 690 g/mol. The number of unbranched alkanes of at least 4 members (excludes halogenated alkanes) is 4. The van der Waals surface area contributed by atoms with Gasteiger partial charge in [-0.1, -0.05) is 0 Å². The van der Waals surface area contributed by atoms with Gasteiger partial charge in [-0.2, -0.15) is 0 Å². The Bertz CT molecular complexity index is 669. The molecule has 0 saturated carbocycles. The number of carboxylic acid groups (broad SMARTS) is 1. The number of carbonyl (C=O) groups is 2.